The van der Waals surface area contributed by atoms with Gasteiger partial charge in [0.15, 0.2) is 5.13 Å². The number of hydrogen-bond donors (Lipinski definition) is 0. The predicted molar refractivity (Wildman–Crippen MR) is 138 cm³/mol. The van der Waals surface area contributed by atoms with Gasteiger partial charge in [-0.3, -0.25) is 9.69 Å². The SMILES string of the molecule is COc1ccc(Cl)c2sc(N(CC3CCCO3)C(=O)C3CCCCN3S(=O)(=O)c3cccs3)nc12. The first-order chi connectivity index (χ1) is 16.9. The summed E-state index contributed by atoms with van der Waals surface area (Å²) in [4.78, 5) is 20.4. The summed E-state index contributed by atoms with van der Waals surface area (Å²) in [6.07, 6.45) is 3.58. The van der Waals surface area contributed by atoms with Crippen molar-refractivity contribution in [3.05, 3.63) is 34.7 Å². The first kappa shape index (κ1) is 24.9. The Labute approximate surface area is 217 Å². The molecule has 0 bridgehead atoms. The number of benzene rings is 1. The van der Waals surface area contributed by atoms with E-state index in [4.69, 9.17) is 26.1 Å². The lowest BCUT2D eigenvalue weighted by atomic mass is 10.0. The number of hydrogen-bond acceptors (Lipinski definition) is 8. The third-order valence-corrected chi connectivity index (χ3v) is 11.2. The molecule has 12 heteroatoms. The standard InChI is InChI=1S/C23H26ClN3O5S3/c1-31-18-10-9-16(24)21-20(18)25-23(34-21)26(14-15-6-4-12-32-15)22(28)17-7-2-3-11-27(17)35(29,30)19-8-5-13-33-19/h5,8-10,13,15,17H,2-4,6-7,11-12,14H2,1H3. The number of amides is 1. The lowest BCUT2D eigenvalue weighted by molar-refractivity contribution is -0.123. The van der Waals surface area contributed by atoms with Crippen LogP contribution in [-0.4, -0.2) is 62.6 Å². The molecule has 0 aliphatic carbocycles. The number of fused-ring (bicyclic) bond motifs is 1. The van der Waals surface area contributed by atoms with Crippen LogP contribution in [0.3, 0.4) is 0 Å². The van der Waals surface area contributed by atoms with Gasteiger partial charge in [-0.05, 0) is 49.3 Å². The molecule has 188 valence electrons. The van der Waals surface area contributed by atoms with Gasteiger partial charge in [-0.15, -0.1) is 11.3 Å². The van der Waals surface area contributed by atoms with Crippen molar-refractivity contribution in [3.63, 3.8) is 0 Å². The monoisotopic (exact) mass is 555 g/mol. The van der Waals surface area contributed by atoms with Crippen LogP contribution < -0.4 is 9.64 Å². The number of piperidine rings is 1. The van der Waals surface area contributed by atoms with Crippen LogP contribution in [0.5, 0.6) is 5.75 Å². The molecule has 2 unspecified atom stereocenters. The molecule has 2 atom stereocenters. The van der Waals surface area contributed by atoms with E-state index in [1.807, 2.05) is 0 Å². The molecule has 1 amide bonds. The highest BCUT2D eigenvalue weighted by molar-refractivity contribution is 7.91. The van der Waals surface area contributed by atoms with Crippen LogP contribution in [0.4, 0.5) is 5.13 Å². The van der Waals surface area contributed by atoms with Crippen LogP contribution >= 0.6 is 34.3 Å². The van der Waals surface area contributed by atoms with Gasteiger partial charge in [0.2, 0.25) is 5.91 Å². The van der Waals surface area contributed by atoms with Gasteiger partial charge in [0.05, 0.1) is 29.5 Å². The number of aromatic nitrogens is 1. The van der Waals surface area contributed by atoms with E-state index < -0.39 is 16.1 Å². The Bertz CT molecular complexity index is 1310. The van der Waals surface area contributed by atoms with Crippen molar-refractivity contribution >= 4 is 65.6 Å². The van der Waals surface area contributed by atoms with Crippen LogP contribution in [0.1, 0.15) is 32.1 Å². The summed E-state index contributed by atoms with van der Waals surface area (Å²) in [6.45, 7) is 1.26. The zero-order valence-electron chi connectivity index (χ0n) is 19.2. The van der Waals surface area contributed by atoms with E-state index in [0.717, 1.165) is 35.3 Å². The van der Waals surface area contributed by atoms with Gasteiger partial charge in [-0.1, -0.05) is 35.4 Å². The number of anilines is 1. The van der Waals surface area contributed by atoms with Crippen molar-refractivity contribution in [2.45, 2.75) is 48.5 Å². The minimum atomic E-state index is -3.78. The zero-order valence-corrected chi connectivity index (χ0v) is 22.4. The summed E-state index contributed by atoms with van der Waals surface area (Å²) in [5, 5.41) is 2.72. The van der Waals surface area contributed by atoms with Crippen LogP contribution in [-0.2, 0) is 19.6 Å². The fourth-order valence-corrected chi connectivity index (χ4v) is 8.66. The second-order valence-corrected chi connectivity index (χ2v) is 13.0. The van der Waals surface area contributed by atoms with Gasteiger partial charge >= 0.3 is 0 Å². The summed E-state index contributed by atoms with van der Waals surface area (Å²) in [5.41, 5.74) is 0.580. The number of methoxy groups -OCH3 is 1. The maximum Gasteiger partial charge on any atom is 0.253 e. The summed E-state index contributed by atoms with van der Waals surface area (Å²) < 4.78 is 40.5. The van der Waals surface area contributed by atoms with Gasteiger partial charge in [0, 0.05) is 13.2 Å². The van der Waals surface area contributed by atoms with Gasteiger partial charge < -0.3 is 9.47 Å². The molecule has 2 aromatic heterocycles. The molecular weight excluding hydrogens is 530 g/mol. The van der Waals surface area contributed by atoms with Crippen molar-refractivity contribution in [2.75, 3.05) is 31.7 Å². The second-order valence-electron chi connectivity index (χ2n) is 8.57. The highest BCUT2D eigenvalue weighted by atomic mass is 35.5. The first-order valence-electron chi connectivity index (χ1n) is 11.5. The van der Waals surface area contributed by atoms with Crippen molar-refractivity contribution in [1.82, 2.24) is 9.29 Å². The second kappa shape index (κ2) is 10.3. The largest absolute Gasteiger partial charge is 0.494 e. The van der Waals surface area contributed by atoms with Gasteiger partial charge in [-0.2, -0.15) is 4.31 Å². The van der Waals surface area contributed by atoms with Crippen LogP contribution in [0, 0.1) is 0 Å². The molecule has 0 saturated carbocycles. The first-order valence-corrected chi connectivity index (χ1v) is 15.0. The van der Waals surface area contributed by atoms with E-state index in [9.17, 15) is 13.2 Å². The van der Waals surface area contributed by atoms with E-state index in [1.54, 1.807) is 41.7 Å². The Morgan fingerprint density at radius 1 is 1.29 bits per heavy atom. The summed E-state index contributed by atoms with van der Waals surface area (Å²) in [6, 6.07) is 5.98. The Balaban J connectivity index is 1.54. The van der Waals surface area contributed by atoms with E-state index >= 15 is 0 Å². The van der Waals surface area contributed by atoms with Crippen molar-refractivity contribution in [3.8, 4) is 5.75 Å². The summed E-state index contributed by atoms with van der Waals surface area (Å²) in [7, 11) is -2.22. The van der Waals surface area contributed by atoms with Gasteiger partial charge in [0.25, 0.3) is 10.0 Å². The Kier molecular flexibility index (Phi) is 7.34. The Morgan fingerprint density at radius 2 is 2.14 bits per heavy atom. The predicted octanol–water partition coefficient (Wildman–Crippen LogP) is 4.78. The Morgan fingerprint density at radius 3 is 2.86 bits per heavy atom. The van der Waals surface area contributed by atoms with Crippen LogP contribution in [0.2, 0.25) is 5.02 Å². The number of carbonyl (C=O) groups excluding carboxylic acids is 1. The number of carbonyl (C=O) groups is 1. The average molecular weight is 556 g/mol. The molecule has 0 radical (unpaired) electrons. The molecule has 3 aromatic rings. The molecule has 2 aliphatic rings. The number of halogens is 1. The molecule has 5 rings (SSSR count). The summed E-state index contributed by atoms with van der Waals surface area (Å²) in [5.74, 6) is 0.283. The molecular formula is C23H26ClN3O5S3. The van der Waals surface area contributed by atoms with Crippen molar-refractivity contribution < 1.29 is 22.7 Å². The minimum absolute atomic E-state index is 0.130. The number of thiazole rings is 1. The Hall–Kier alpha value is -1.76. The highest BCUT2D eigenvalue weighted by Crippen LogP contribution is 2.40. The number of sulfonamides is 1. The fourth-order valence-electron chi connectivity index (χ4n) is 4.62. The van der Waals surface area contributed by atoms with Crippen LogP contribution in [0.15, 0.2) is 33.9 Å². The minimum Gasteiger partial charge on any atom is -0.494 e. The van der Waals surface area contributed by atoms with Gasteiger partial charge in [-0.25, -0.2) is 13.4 Å². The summed E-state index contributed by atoms with van der Waals surface area (Å²) >= 11 is 8.91. The molecule has 2 aliphatic heterocycles. The number of ether oxygens (including phenoxy) is 2. The normalized spacial score (nSPS) is 21.4. The third-order valence-electron chi connectivity index (χ3n) is 6.37. The van der Waals surface area contributed by atoms with E-state index in [2.05, 4.69) is 0 Å². The topological polar surface area (TPSA) is 89.0 Å². The van der Waals surface area contributed by atoms with Crippen molar-refractivity contribution in [1.29, 1.82) is 0 Å². The van der Waals surface area contributed by atoms with E-state index in [1.165, 1.54) is 15.6 Å². The average Bonchev–Trinajstić information content (AvgIpc) is 3.64. The smallest absolute Gasteiger partial charge is 0.253 e. The van der Waals surface area contributed by atoms with Gasteiger partial charge in [0.1, 0.15) is 21.5 Å². The number of nitrogens with zero attached hydrogens (tertiary/aromatic N) is 3. The fraction of sp³-hybridized carbons (Fsp3) is 0.478. The van der Waals surface area contributed by atoms with Crippen LogP contribution in [0.25, 0.3) is 10.2 Å². The molecule has 4 heterocycles. The van der Waals surface area contributed by atoms with Crippen molar-refractivity contribution in [2.24, 2.45) is 0 Å². The molecule has 2 saturated heterocycles. The quantitative estimate of drug-likeness (QED) is 0.417. The lowest BCUT2D eigenvalue weighted by Crippen LogP contribution is -2.54. The third kappa shape index (κ3) is 4.82. The molecule has 1 aromatic carbocycles. The maximum atomic E-state index is 14.1. The number of rotatable bonds is 7. The molecule has 35 heavy (non-hydrogen) atoms. The van der Waals surface area contributed by atoms with E-state index in [-0.39, 0.29) is 16.2 Å². The molecule has 8 nitrogen and oxygen atoms in total. The van der Waals surface area contributed by atoms with E-state index in [0.29, 0.717) is 54.0 Å². The number of thiophene rings is 1. The highest BCUT2D eigenvalue weighted by Gasteiger charge is 2.41. The zero-order chi connectivity index (χ0) is 24.6. The maximum absolute atomic E-state index is 14.1. The lowest BCUT2D eigenvalue weighted by Gasteiger charge is -2.36. The molecule has 0 spiro atoms. The molecule has 2 fully saturated rings. The molecule has 0 N–H and O–H groups in total.